The summed E-state index contributed by atoms with van der Waals surface area (Å²) in [5.74, 6) is 0. The van der Waals surface area contributed by atoms with Gasteiger partial charge >= 0.3 is 0 Å². The highest BCUT2D eigenvalue weighted by atomic mass is 15.8. The number of hydrazine groups is 2. The maximum absolute atomic E-state index is 3.48. The van der Waals surface area contributed by atoms with Crippen molar-refractivity contribution >= 4 is 0 Å². The van der Waals surface area contributed by atoms with Gasteiger partial charge < -0.3 is 0 Å². The van der Waals surface area contributed by atoms with Crippen molar-refractivity contribution in [2.45, 2.75) is 44.2 Å². The second-order valence-corrected chi connectivity index (χ2v) is 4.24. The number of nitrogens with one attached hydrogen (secondary N) is 1. The average Bonchev–Trinajstić information content (AvgIpc) is 2.62. The van der Waals surface area contributed by atoms with Crippen molar-refractivity contribution in [2.75, 3.05) is 13.1 Å². The first kappa shape index (κ1) is 7.30. The van der Waals surface area contributed by atoms with Gasteiger partial charge in [-0.3, -0.25) is 0 Å². The van der Waals surface area contributed by atoms with Crippen LogP contribution in [0.5, 0.6) is 0 Å². The fourth-order valence-electron chi connectivity index (χ4n) is 2.94. The summed E-state index contributed by atoms with van der Waals surface area (Å²) in [5.41, 5.74) is 3.48. The quantitative estimate of drug-likeness (QED) is 0.574. The van der Waals surface area contributed by atoms with Crippen molar-refractivity contribution in [3.05, 3.63) is 0 Å². The van der Waals surface area contributed by atoms with Crippen LogP contribution < -0.4 is 5.43 Å². The van der Waals surface area contributed by atoms with Gasteiger partial charge in [-0.05, 0) is 25.7 Å². The molecule has 3 nitrogen and oxygen atoms in total. The Kier molecular flexibility index (Phi) is 1.63. The first-order valence-electron chi connectivity index (χ1n) is 5.24. The number of fused-ring (bicyclic) bond motifs is 3. The summed E-state index contributed by atoms with van der Waals surface area (Å²) < 4.78 is 0. The molecule has 0 saturated carbocycles. The van der Waals surface area contributed by atoms with E-state index in [-0.39, 0.29) is 0 Å². The summed E-state index contributed by atoms with van der Waals surface area (Å²) >= 11 is 0. The lowest BCUT2D eigenvalue weighted by Crippen LogP contribution is -2.49. The lowest BCUT2D eigenvalue weighted by Gasteiger charge is -2.34. The Morgan fingerprint density at radius 3 is 3.08 bits per heavy atom. The molecule has 0 aromatic carbocycles. The highest BCUT2D eigenvalue weighted by molar-refractivity contribution is 4.90. The molecule has 3 heterocycles. The average molecular weight is 167 g/mol. The number of rotatable bonds is 0. The van der Waals surface area contributed by atoms with Gasteiger partial charge in [-0.2, -0.15) is 5.12 Å². The minimum absolute atomic E-state index is 0.827. The fourth-order valence-corrected chi connectivity index (χ4v) is 2.94. The SMILES string of the molecule is C1CCN2C(C1)CC1CCNN12. The molecule has 0 spiro atoms. The lowest BCUT2D eigenvalue weighted by atomic mass is 9.99. The van der Waals surface area contributed by atoms with Crippen molar-refractivity contribution in [3.8, 4) is 0 Å². The predicted octanol–water partition coefficient (Wildman–Crippen LogP) is 0.738. The van der Waals surface area contributed by atoms with Crippen molar-refractivity contribution in [3.63, 3.8) is 0 Å². The molecule has 0 aliphatic carbocycles. The third-order valence-corrected chi connectivity index (χ3v) is 3.51. The molecule has 3 aliphatic rings. The zero-order chi connectivity index (χ0) is 7.97. The molecule has 0 radical (unpaired) electrons. The summed E-state index contributed by atoms with van der Waals surface area (Å²) in [7, 11) is 0. The van der Waals surface area contributed by atoms with Gasteiger partial charge in [0.25, 0.3) is 0 Å². The molecule has 2 atom stereocenters. The van der Waals surface area contributed by atoms with Gasteiger partial charge in [0, 0.05) is 25.2 Å². The van der Waals surface area contributed by atoms with E-state index in [0.29, 0.717) is 0 Å². The Bertz CT molecular complexity index is 183. The molecule has 3 aliphatic heterocycles. The third kappa shape index (κ3) is 0.934. The second kappa shape index (κ2) is 2.69. The molecule has 12 heavy (non-hydrogen) atoms. The molecular formula is C9H17N3. The molecule has 0 amide bonds. The van der Waals surface area contributed by atoms with Crippen molar-refractivity contribution in [1.82, 2.24) is 15.6 Å². The van der Waals surface area contributed by atoms with Gasteiger partial charge in [-0.1, -0.05) is 6.42 Å². The molecule has 3 heteroatoms. The van der Waals surface area contributed by atoms with E-state index in [1.54, 1.807) is 0 Å². The Hall–Kier alpha value is -0.120. The van der Waals surface area contributed by atoms with E-state index in [9.17, 15) is 0 Å². The monoisotopic (exact) mass is 167 g/mol. The van der Waals surface area contributed by atoms with Crippen LogP contribution in [0.4, 0.5) is 0 Å². The Labute approximate surface area is 73.7 Å². The number of piperidine rings is 1. The summed E-state index contributed by atoms with van der Waals surface area (Å²) in [6, 6.07) is 1.70. The molecule has 3 fully saturated rings. The van der Waals surface area contributed by atoms with Crippen LogP contribution in [0, 0.1) is 0 Å². The van der Waals surface area contributed by atoms with Crippen molar-refractivity contribution < 1.29 is 0 Å². The first-order valence-corrected chi connectivity index (χ1v) is 5.24. The molecule has 3 rings (SSSR count). The summed E-state index contributed by atoms with van der Waals surface area (Å²) in [6.07, 6.45) is 7.03. The molecule has 1 N–H and O–H groups in total. The lowest BCUT2D eigenvalue weighted by molar-refractivity contribution is -0.0599. The number of hydrogen-bond donors (Lipinski definition) is 1. The van der Waals surface area contributed by atoms with Gasteiger partial charge in [-0.15, -0.1) is 0 Å². The maximum Gasteiger partial charge on any atom is 0.0430 e. The second-order valence-electron chi connectivity index (χ2n) is 4.24. The summed E-state index contributed by atoms with van der Waals surface area (Å²) in [6.45, 7) is 2.47. The van der Waals surface area contributed by atoms with Crippen molar-refractivity contribution in [2.24, 2.45) is 0 Å². The highest BCUT2D eigenvalue weighted by Crippen LogP contribution is 2.33. The zero-order valence-corrected chi connectivity index (χ0v) is 7.50. The highest BCUT2D eigenvalue weighted by Gasteiger charge is 2.42. The van der Waals surface area contributed by atoms with Crippen LogP contribution in [0.15, 0.2) is 0 Å². The van der Waals surface area contributed by atoms with Crippen LogP contribution in [0.25, 0.3) is 0 Å². The third-order valence-electron chi connectivity index (χ3n) is 3.51. The van der Waals surface area contributed by atoms with Crippen LogP contribution in [0.2, 0.25) is 0 Å². The van der Waals surface area contributed by atoms with Gasteiger partial charge in [0.1, 0.15) is 0 Å². The number of nitrogens with zero attached hydrogens (tertiary/aromatic N) is 2. The van der Waals surface area contributed by atoms with Crippen LogP contribution in [-0.2, 0) is 0 Å². The zero-order valence-electron chi connectivity index (χ0n) is 7.50. The van der Waals surface area contributed by atoms with Gasteiger partial charge in [0.15, 0.2) is 0 Å². The maximum atomic E-state index is 3.48. The normalized spacial score (nSPS) is 43.0. The summed E-state index contributed by atoms with van der Waals surface area (Å²) in [5, 5.41) is 4.99. The van der Waals surface area contributed by atoms with E-state index in [1.165, 1.54) is 45.2 Å². The molecule has 0 bridgehead atoms. The molecular weight excluding hydrogens is 150 g/mol. The van der Waals surface area contributed by atoms with Gasteiger partial charge in [0.05, 0.1) is 0 Å². The molecule has 0 aromatic rings. The van der Waals surface area contributed by atoms with Gasteiger partial charge in [-0.25, -0.2) is 10.4 Å². The minimum atomic E-state index is 0.827. The first-order chi connectivity index (χ1) is 5.95. The largest absolute Gasteiger partial charge is 0.241 e. The van der Waals surface area contributed by atoms with Gasteiger partial charge in [0.2, 0.25) is 0 Å². The minimum Gasteiger partial charge on any atom is -0.241 e. The Balaban J connectivity index is 1.79. The van der Waals surface area contributed by atoms with E-state index in [2.05, 4.69) is 15.6 Å². The molecule has 3 saturated heterocycles. The smallest absolute Gasteiger partial charge is 0.0430 e. The summed E-state index contributed by atoms with van der Waals surface area (Å²) in [4.78, 5) is 0. The van der Waals surface area contributed by atoms with Crippen LogP contribution >= 0.6 is 0 Å². The van der Waals surface area contributed by atoms with Crippen molar-refractivity contribution in [1.29, 1.82) is 0 Å². The fraction of sp³-hybridized carbons (Fsp3) is 1.00. The van der Waals surface area contributed by atoms with E-state index in [4.69, 9.17) is 0 Å². The van der Waals surface area contributed by atoms with Crippen LogP contribution in [0.3, 0.4) is 0 Å². The standard InChI is InChI=1S/C9H17N3/c1-2-6-11-8(3-1)7-9-4-5-10-12(9)11/h8-10H,1-7H2. The predicted molar refractivity (Wildman–Crippen MR) is 47.2 cm³/mol. The Morgan fingerprint density at radius 1 is 1.08 bits per heavy atom. The van der Waals surface area contributed by atoms with Crippen LogP contribution in [-0.4, -0.2) is 35.3 Å². The Morgan fingerprint density at radius 2 is 2.08 bits per heavy atom. The van der Waals surface area contributed by atoms with Crippen LogP contribution in [0.1, 0.15) is 32.1 Å². The van der Waals surface area contributed by atoms with E-state index in [1.807, 2.05) is 0 Å². The topological polar surface area (TPSA) is 18.5 Å². The number of hydrogen-bond acceptors (Lipinski definition) is 3. The molecule has 68 valence electrons. The molecule has 2 unspecified atom stereocenters. The van der Waals surface area contributed by atoms with E-state index >= 15 is 0 Å². The van der Waals surface area contributed by atoms with E-state index < -0.39 is 0 Å². The van der Waals surface area contributed by atoms with E-state index in [0.717, 1.165) is 12.1 Å². The molecule has 0 aromatic heterocycles.